The van der Waals surface area contributed by atoms with Gasteiger partial charge in [0.15, 0.2) is 0 Å². The summed E-state index contributed by atoms with van der Waals surface area (Å²) in [6.07, 6.45) is 10.9. The van der Waals surface area contributed by atoms with Crippen molar-refractivity contribution in [1.29, 1.82) is 0 Å². The van der Waals surface area contributed by atoms with Gasteiger partial charge in [0, 0.05) is 117 Å². The number of fused-ring (bicyclic) bond motifs is 1. The monoisotopic (exact) mass is 1240 g/mol. The average molecular weight is 1240 g/mol. The van der Waals surface area contributed by atoms with E-state index in [-0.39, 0.29) is 60.0 Å². The molecule has 18 nitrogen and oxygen atoms in total. The molecule has 3 saturated carbocycles. The summed E-state index contributed by atoms with van der Waals surface area (Å²) in [4.78, 5) is 77.4. The number of ether oxygens (including phenoxy) is 2. The van der Waals surface area contributed by atoms with Gasteiger partial charge in [-0.25, -0.2) is 13.1 Å². The largest absolute Gasteiger partial charge is 0.382 e. The zero-order chi connectivity index (χ0) is 61.8. The molecule has 0 aromatic heterocycles. The number of imide groups is 1. The Balaban J connectivity index is 0.597. The first kappa shape index (κ1) is 63.0. The molecular weight excluding hydrogens is 1150 g/mol. The van der Waals surface area contributed by atoms with Crippen LogP contribution in [0, 0.1) is 23.2 Å². The summed E-state index contributed by atoms with van der Waals surface area (Å²) in [6.45, 7) is 22.2. The van der Waals surface area contributed by atoms with E-state index < -0.39 is 39.7 Å². The highest BCUT2D eigenvalue weighted by molar-refractivity contribution is 7.99. The minimum absolute atomic E-state index is 0.0136. The van der Waals surface area contributed by atoms with E-state index in [0.717, 1.165) is 78.2 Å². The predicted octanol–water partition coefficient (Wildman–Crippen LogP) is 8.96. The molecule has 4 aromatic carbocycles. The molecule has 4 heterocycles. The number of rotatable bonds is 26. The van der Waals surface area contributed by atoms with Crippen molar-refractivity contribution in [3.05, 3.63) is 137 Å². The molecule has 2 bridgehead atoms. The molecule has 0 spiro atoms. The van der Waals surface area contributed by atoms with Gasteiger partial charge >= 0.3 is 0 Å². The summed E-state index contributed by atoms with van der Waals surface area (Å²) < 4.78 is 41.2. The Bertz CT molecular complexity index is 3390. The van der Waals surface area contributed by atoms with Crippen LogP contribution in [0.4, 0.5) is 17.1 Å². The lowest BCUT2D eigenvalue weighted by Gasteiger charge is -2.73. The van der Waals surface area contributed by atoms with E-state index in [1.807, 2.05) is 47.7 Å². The predicted molar refractivity (Wildman–Crippen MR) is 344 cm³/mol. The first-order valence-corrected chi connectivity index (χ1v) is 34.1. The minimum Gasteiger partial charge on any atom is -0.382 e. The van der Waals surface area contributed by atoms with E-state index in [9.17, 15) is 32.4 Å². The lowest BCUT2D eigenvalue weighted by atomic mass is 9.31. The second kappa shape index (κ2) is 26.9. The fraction of sp³-hybridized carbons (Fsp3) is 0.515. The van der Waals surface area contributed by atoms with Crippen LogP contribution in [0.2, 0.25) is 0 Å². The van der Waals surface area contributed by atoms with Crippen molar-refractivity contribution < 1.29 is 41.9 Å². The molecule has 3 saturated heterocycles. The molecule has 4 N–H and O–H groups in total. The smallest absolute Gasteiger partial charge is 0.264 e. The number of hydrogen-bond donors (Lipinski definition) is 4. The van der Waals surface area contributed by atoms with Crippen molar-refractivity contribution in [2.24, 2.45) is 16.2 Å². The van der Waals surface area contributed by atoms with Crippen molar-refractivity contribution in [3.8, 4) is 0 Å². The second-order valence-corrected chi connectivity index (χ2v) is 29.0. The van der Waals surface area contributed by atoms with E-state index >= 15 is 0 Å². The number of nitrogens with zero attached hydrogens (tertiary/aromatic N) is 5. The van der Waals surface area contributed by atoms with Gasteiger partial charge < -0.3 is 35.2 Å². The lowest BCUT2D eigenvalue weighted by molar-refractivity contribution is -0.182. The zero-order valence-electron chi connectivity index (χ0n) is 51.6. The van der Waals surface area contributed by atoms with Crippen LogP contribution in [0.5, 0.6) is 0 Å². The van der Waals surface area contributed by atoms with Gasteiger partial charge in [-0.15, -0.1) is 11.8 Å². The Morgan fingerprint density at radius 1 is 0.818 bits per heavy atom. The molecule has 5 amide bonds. The number of piperazine rings is 2. The van der Waals surface area contributed by atoms with E-state index in [1.165, 1.54) is 44.9 Å². The molecule has 6 fully saturated rings. The second-order valence-electron chi connectivity index (χ2n) is 26.2. The van der Waals surface area contributed by atoms with E-state index in [2.05, 4.69) is 74.9 Å². The van der Waals surface area contributed by atoms with Gasteiger partial charge in [-0.05, 0) is 153 Å². The topological polar surface area (TPSA) is 202 Å². The zero-order valence-corrected chi connectivity index (χ0v) is 53.3. The van der Waals surface area contributed by atoms with Crippen LogP contribution in [0.25, 0.3) is 0 Å². The van der Waals surface area contributed by atoms with Gasteiger partial charge in [0.1, 0.15) is 12.6 Å². The minimum atomic E-state index is -4.18. The van der Waals surface area contributed by atoms with Gasteiger partial charge in [-0.1, -0.05) is 69.2 Å². The van der Waals surface area contributed by atoms with Gasteiger partial charge in [-0.2, -0.15) is 0 Å². The molecule has 470 valence electrons. The Morgan fingerprint density at radius 3 is 2.26 bits per heavy atom. The molecule has 4 aromatic rings. The van der Waals surface area contributed by atoms with Crippen LogP contribution in [0.3, 0.4) is 0 Å². The number of benzene rings is 4. The summed E-state index contributed by atoms with van der Waals surface area (Å²) in [5, 5.41) is 9.55. The molecule has 2 atom stereocenters. The summed E-state index contributed by atoms with van der Waals surface area (Å²) in [5.74, 6) is -1.41. The highest BCUT2D eigenvalue weighted by Crippen LogP contribution is 2.79. The molecule has 20 heteroatoms. The molecule has 4 aliphatic carbocycles. The fourth-order valence-electron chi connectivity index (χ4n) is 14.4. The molecule has 8 aliphatic rings. The van der Waals surface area contributed by atoms with Crippen molar-refractivity contribution in [3.63, 3.8) is 0 Å². The van der Waals surface area contributed by atoms with E-state index in [0.29, 0.717) is 73.2 Å². The average Bonchev–Trinajstić information content (AvgIpc) is 1.54. The van der Waals surface area contributed by atoms with Crippen LogP contribution in [0.15, 0.2) is 124 Å². The maximum absolute atomic E-state index is 13.7. The first-order valence-electron chi connectivity index (χ1n) is 31.6. The Morgan fingerprint density at radius 2 is 1.55 bits per heavy atom. The van der Waals surface area contributed by atoms with Crippen molar-refractivity contribution in [1.82, 2.24) is 29.6 Å². The number of piperidine rings is 1. The third-order valence-electron chi connectivity index (χ3n) is 19.5. The standard InChI is InChI=1S/C68H87N9O9S2/c1-6-67-44-68(45-67,46-67)56-40-66(4,5)25-23-50(56)41-74-30-32-75(33-31-74)52-18-16-49(17-19-52)62(79)72-88(83,84)54-20-21-57(47(2)39-54)71-51(43-87-53-11-8-7-9-12-53)24-27-73-28-34-76(35-29-73)60(78)42-86-38-37-85-36-26-69-58-14-10-13-55-61(58)65(82)77(64(55)81)59-22-15-48(3)70-63(59)80/h7-14,16-21,39,51,59,69,71H,3,6,15,22-38,40-46H2,1-2,4-5H3,(H,70,80)(H,72,79)/t51-,59?,67?,68?/m1/s1. The number of aryl methyl sites for hydroxylation is 1. The van der Waals surface area contributed by atoms with Gasteiger partial charge in [0.2, 0.25) is 11.8 Å². The van der Waals surface area contributed by atoms with Crippen LogP contribution >= 0.6 is 11.8 Å². The van der Waals surface area contributed by atoms with Crippen LogP contribution in [0.1, 0.15) is 122 Å². The van der Waals surface area contributed by atoms with Crippen molar-refractivity contribution >= 4 is 68.4 Å². The normalized spacial score (nSPS) is 23.3. The van der Waals surface area contributed by atoms with Crippen molar-refractivity contribution in [2.75, 3.05) is 120 Å². The van der Waals surface area contributed by atoms with Crippen LogP contribution in [-0.4, -0.2) is 174 Å². The third kappa shape index (κ3) is 14.2. The van der Waals surface area contributed by atoms with Gasteiger partial charge in [0.25, 0.3) is 27.7 Å². The quantitative estimate of drug-likeness (QED) is 0.0201. The number of allylic oxidation sites excluding steroid dienone is 2. The summed E-state index contributed by atoms with van der Waals surface area (Å²) in [5.41, 5.74) is 9.47. The highest BCUT2D eigenvalue weighted by Gasteiger charge is 2.68. The SMILES string of the molecule is C=C1CCC(N2C(=O)c3cccc(NCCOCCOCC(=O)N4CCN(CC[C@H](CSc5ccccc5)Nc5ccc(S(=O)(=O)NC(=O)c6ccc(N7CCN(CC8=C(C9%10CC(CC)(C9)C%10)CC(C)(C)CC8)CC7)cc6)cc5C)CC4)c3C2=O)C(=O)N1. The number of carbonyl (C=O) groups is 5. The summed E-state index contributed by atoms with van der Waals surface area (Å²) >= 11 is 1.75. The van der Waals surface area contributed by atoms with Gasteiger partial charge in [-0.3, -0.25) is 38.7 Å². The summed E-state index contributed by atoms with van der Waals surface area (Å²) in [7, 11) is -4.18. The number of nitrogens with one attached hydrogen (secondary N) is 4. The van der Waals surface area contributed by atoms with Gasteiger partial charge in [0.05, 0.1) is 35.8 Å². The molecule has 4 aliphatic heterocycles. The fourth-order valence-corrected chi connectivity index (χ4v) is 16.4. The van der Waals surface area contributed by atoms with Crippen molar-refractivity contribution in [2.45, 2.75) is 114 Å². The maximum atomic E-state index is 13.7. The van der Waals surface area contributed by atoms with E-state index in [1.54, 1.807) is 65.9 Å². The first-order chi connectivity index (χ1) is 42.3. The Hall–Kier alpha value is -6.55. The highest BCUT2D eigenvalue weighted by atomic mass is 32.2. The third-order valence-corrected chi connectivity index (χ3v) is 22.0. The van der Waals surface area contributed by atoms with Crippen LogP contribution in [-0.2, 0) is 29.1 Å². The Kier molecular flexibility index (Phi) is 19.3. The molecule has 1 unspecified atom stereocenters. The molecule has 0 radical (unpaired) electrons. The molecule has 12 rings (SSSR count). The number of anilines is 3. The number of amides is 5. The molecular formula is C68H87N9O9S2. The number of hydrogen-bond acceptors (Lipinski definition) is 15. The maximum Gasteiger partial charge on any atom is 0.264 e. The number of thioether (sulfide) groups is 1. The molecule has 88 heavy (non-hydrogen) atoms. The Labute approximate surface area is 523 Å². The van der Waals surface area contributed by atoms with Crippen LogP contribution < -0.4 is 25.6 Å². The number of sulfonamides is 1. The lowest BCUT2D eigenvalue weighted by Crippen LogP contribution is -2.63. The summed E-state index contributed by atoms with van der Waals surface area (Å²) in [6, 6.07) is 26.6. The number of carbonyl (C=O) groups excluding carboxylic acids is 5. The van der Waals surface area contributed by atoms with E-state index in [4.69, 9.17) is 9.47 Å².